The number of non-ortho nitro benzene ring substituents is 1. The van der Waals surface area contributed by atoms with Gasteiger partial charge in [-0.1, -0.05) is 0 Å². The van der Waals surface area contributed by atoms with Crippen molar-refractivity contribution in [3.8, 4) is 0 Å². The van der Waals surface area contributed by atoms with Gasteiger partial charge in [-0.3, -0.25) is 14.9 Å². The molecule has 0 N–H and O–H groups in total. The van der Waals surface area contributed by atoms with Crippen molar-refractivity contribution in [2.45, 2.75) is 0 Å². The van der Waals surface area contributed by atoms with Gasteiger partial charge in [0, 0.05) is 56.3 Å². The Labute approximate surface area is 146 Å². The van der Waals surface area contributed by atoms with Crippen LogP contribution in [0.4, 0.5) is 11.6 Å². The first kappa shape index (κ1) is 16.3. The Morgan fingerprint density at radius 3 is 2.21 bits per heavy atom. The number of carbonyl (C=O) groups excluding carboxylic acids is 1. The summed E-state index contributed by atoms with van der Waals surface area (Å²) < 4.78 is 0.818. The maximum Gasteiger partial charge on any atom is 0.269 e. The first-order chi connectivity index (χ1) is 11.5. The van der Waals surface area contributed by atoms with Crippen molar-refractivity contribution in [2.75, 3.05) is 31.1 Å². The standard InChI is InChI=1S/C15H14BrN5O3/c16-12-9-17-15(18-10-12)20-7-5-19(6-8-20)14(22)11-1-3-13(4-2-11)21(23)24/h1-4,9-10H,5-8H2. The number of nitro groups is 1. The summed E-state index contributed by atoms with van der Waals surface area (Å²) in [5.74, 6) is 0.516. The van der Waals surface area contributed by atoms with Crippen LogP contribution in [-0.4, -0.2) is 51.9 Å². The summed E-state index contributed by atoms with van der Waals surface area (Å²) in [6.07, 6.45) is 3.38. The van der Waals surface area contributed by atoms with E-state index in [1.54, 1.807) is 17.3 Å². The molecule has 0 aliphatic carbocycles. The number of benzene rings is 1. The van der Waals surface area contributed by atoms with Gasteiger partial charge in [-0.25, -0.2) is 9.97 Å². The van der Waals surface area contributed by atoms with Crippen molar-refractivity contribution >= 4 is 33.5 Å². The highest BCUT2D eigenvalue weighted by Crippen LogP contribution is 2.17. The minimum atomic E-state index is -0.481. The van der Waals surface area contributed by atoms with Crippen LogP contribution in [0.15, 0.2) is 41.1 Å². The third kappa shape index (κ3) is 3.51. The van der Waals surface area contributed by atoms with Gasteiger partial charge in [0.2, 0.25) is 5.95 Å². The predicted octanol–water partition coefficient (Wildman–Crippen LogP) is 2.11. The van der Waals surface area contributed by atoms with Gasteiger partial charge >= 0.3 is 0 Å². The van der Waals surface area contributed by atoms with E-state index < -0.39 is 4.92 Å². The second-order valence-electron chi connectivity index (χ2n) is 5.28. The van der Waals surface area contributed by atoms with E-state index in [0.717, 1.165) is 4.47 Å². The lowest BCUT2D eigenvalue weighted by atomic mass is 10.1. The Hall–Kier alpha value is -2.55. The first-order valence-corrected chi connectivity index (χ1v) is 8.10. The van der Waals surface area contributed by atoms with Crippen LogP contribution in [0.25, 0.3) is 0 Å². The molecule has 0 atom stereocenters. The van der Waals surface area contributed by atoms with Gasteiger partial charge in [0.25, 0.3) is 11.6 Å². The highest BCUT2D eigenvalue weighted by atomic mass is 79.9. The van der Waals surface area contributed by atoms with Crippen LogP contribution >= 0.6 is 15.9 Å². The summed E-state index contributed by atoms with van der Waals surface area (Å²) in [6, 6.07) is 5.67. The molecule has 2 heterocycles. The number of anilines is 1. The molecule has 2 aromatic rings. The third-order valence-electron chi connectivity index (χ3n) is 3.78. The predicted molar refractivity (Wildman–Crippen MR) is 90.9 cm³/mol. The van der Waals surface area contributed by atoms with Gasteiger partial charge in [-0.2, -0.15) is 0 Å². The molecule has 124 valence electrons. The van der Waals surface area contributed by atoms with E-state index in [-0.39, 0.29) is 11.6 Å². The zero-order chi connectivity index (χ0) is 17.1. The molecule has 1 aliphatic rings. The van der Waals surface area contributed by atoms with Crippen molar-refractivity contribution in [3.63, 3.8) is 0 Å². The number of hydrogen-bond donors (Lipinski definition) is 0. The van der Waals surface area contributed by atoms with Gasteiger partial charge in [0.15, 0.2) is 0 Å². The van der Waals surface area contributed by atoms with Gasteiger partial charge in [-0.15, -0.1) is 0 Å². The molecule has 3 rings (SSSR count). The number of carbonyl (C=O) groups is 1. The summed E-state index contributed by atoms with van der Waals surface area (Å²) >= 11 is 3.30. The van der Waals surface area contributed by atoms with E-state index >= 15 is 0 Å². The van der Waals surface area contributed by atoms with Crippen LogP contribution in [0.3, 0.4) is 0 Å². The maximum atomic E-state index is 12.5. The minimum Gasteiger partial charge on any atom is -0.337 e. The molecular formula is C15H14BrN5O3. The second-order valence-corrected chi connectivity index (χ2v) is 6.20. The number of piperazine rings is 1. The van der Waals surface area contributed by atoms with Crippen molar-refractivity contribution in [2.24, 2.45) is 0 Å². The van der Waals surface area contributed by atoms with E-state index in [1.807, 2.05) is 4.90 Å². The number of aromatic nitrogens is 2. The average Bonchev–Trinajstić information content (AvgIpc) is 2.62. The second kappa shape index (κ2) is 6.91. The molecule has 0 spiro atoms. The van der Waals surface area contributed by atoms with E-state index in [9.17, 15) is 14.9 Å². The lowest BCUT2D eigenvalue weighted by Gasteiger charge is -2.34. The SMILES string of the molecule is O=C(c1ccc([N+](=O)[O-])cc1)N1CCN(c2ncc(Br)cn2)CC1. The Kier molecular flexibility index (Phi) is 4.70. The molecule has 0 radical (unpaired) electrons. The topological polar surface area (TPSA) is 92.5 Å². The van der Waals surface area contributed by atoms with Crippen LogP contribution in [0.2, 0.25) is 0 Å². The van der Waals surface area contributed by atoms with Crippen LogP contribution in [0.1, 0.15) is 10.4 Å². The smallest absolute Gasteiger partial charge is 0.269 e. The summed E-state index contributed by atoms with van der Waals surface area (Å²) in [4.78, 5) is 34.9. The molecule has 0 saturated carbocycles. The fourth-order valence-corrected chi connectivity index (χ4v) is 2.69. The molecule has 1 aliphatic heterocycles. The Bertz CT molecular complexity index is 743. The molecule has 0 bridgehead atoms. The van der Waals surface area contributed by atoms with Crippen LogP contribution < -0.4 is 4.90 Å². The molecule has 1 amide bonds. The van der Waals surface area contributed by atoms with Crippen molar-refractivity contribution in [3.05, 3.63) is 56.8 Å². The lowest BCUT2D eigenvalue weighted by molar-refractivity contribution is -0.384. The highest BCUT2D eigenvalue weighted by molar-refractivity contribution is 9.10. The zero-order valence-corrected chi connectivity index (χ0v) is 14.2. The molecule has 1 aromatic carbocycles. The molecule has 1 aromatic heterocycles. The highest BCUT2D eigenvalue weighted by Gasteiger charge is 2.23. The van der Waals surface area contributed by atoms with Crippen molar-refractivity contribution in [1.29, 1.82) is 0 Å². The van der Waals surface area contributed by atoms with Crippen LogP contribution in [0.5, 0.6) is 0 Å². The largest absolute Gasteiger partial charge is 0.337 e. The summed E-state index contributed by atoms with van der Waals surface area (Å²) in [7, 11) is 0. The minimum absolute atomic E-state index is 0.0243. The zero-order valence-electron chi connectivity index (χ0n) is 12.6. The summed E-state index contributed by atoms with van der Waals surface area (Å²) in [5, 5.41) is 10.7. The first-order valence-electron chi connectivity index (χ1n) is 7.31. The Morgan fingerprint density at radius 2 is 1.67 bits per heavy atom. The van der Waals surface area contributed by atoms with Gasteiger partial charge in [0.05, 0.1) is 9.40 Å². The molecule has 24 heavy (non-hydrogen) atoms. The number of amides is 1. The van der Waals surface area contributed by atoms with Crippen LogP contribution in [-0.2, 0) is 0 Å². The van der Waals surface area contributed by atoms with Crippen molar-refractivity contribution in [1.82, 2.24) is 14.9 Å². The molecular weight excluding hydrogens is 378 g/mol. The fourth-order valence-electron chi connectivity index (χ4n) is 2.49. The lowest BCUT2D eigenvalue weighted by Crippen LogP contribution is -2.49. The molecule has 9 heteroatoms. The number of hydrogen-bond acceptors (Lipinski definition) is 6. The molecule has 0 unspecified atom stereocenters. The third-order valence-corrected chi connectivity index (χ3v) is 4.19. The average molecular weight is 392 g/mol. The fraction of sp³-hybridized carbons (Fsp3) is 0.267. The monoisotopic (exact) mass is 391 g/mol. The van der Waals surface area contributed by atoms with Gasteiger partial charge in [-0.05, 0) is 28.1 Å². The normalized spacial score (nSPS) is 14.5. The Morgan fingerprint density at radius 1 is 1.08 bits per heavy atom. The van der Waals surface area contributed by atoms with Gasteiger partial charge in [0.1, 0.15) is 0 Å². The van der Waals surface area contributed by atoms with Crippen molar-refractivity contribution < 1.29 is 9.72 Å². The quantitative estimate of drug-likeness (QED) is 0.587. The number of nitrogens with zero attached hydrogens (tertiary/aromatic N) is 5. The van der Waals surface area contributed by atoms with E-state index in [1.165, 1.54) is 24.3 Å². The maximum absolute atomic E-state index is 12.5. The van der Waals surface area contributed by atoms with Crippen LogP contribution in [0, 0.1) is 10.1 Å². The number of rotatable bonds is 3. The number of halogens is 1. The van der Waals surface area contributed by atoms with E-state index in [4.69, 9.17) is 0 Å². The molecule has 1 fully saturated rings. The van der Waals surface area contributed by atoms with E-state index in [2.05, 4.69) is 25.9 Å². The van der Waals surface area contributed by atoms with E-state index in [0.29, 0.717) is 37.7 Å². The summed E-state index contributed by atoms with van der Waals surface area (Å²) in [5.41, 5.74) is 0.428. The van der Waals surface area contributed by atoms with Gasteiger partial charge < -0.3 is 9.80 Å². The molecule has 1 saturated heterocycles. The summed E-state index contributed by atoms with van der Waals surface area (Å²) in [6.45, 7) is 2.38. The Balaban J connectivity index is 1.62. The number of nitro benzene ring substituents is 1. The molecule has 8 nitrogen and oxygen atoms in total.